The Morgan fingerprint density at radius 1 is 1.10 bits per heavy atom. The van der Waals surface area contributed by atoms with Crippen LogP contribution in [-0.4, -0.2) is 17.2 Å². The first kappa shape index (κ1) is 14.1. The van der Waals surface area contributed by atoms with Gasteiger partial charge in [-0.05, 0) is 23.6 Å². The minimum Gasteiger partial charge on any atom is -0.479 e. The molecule has 0 aliphatic rings. The van der Waals surface area contributed by atoms with Crippen LogP contribution in [0.1, 0.15) is 24.5 Å². The van der Waals surface area contributed by atoms with Gasteiger partial charge in [-0.15, -0.1) is 0 Å². The second-order valence-corrected chi connectivity index (χ2v) is 4.62. The molecule has 2 rings (SSSR count). The van der Waals surface area contributed by atoms with Crippen LogP contribution in [0.3, 0.4) is 0 Å². The van der Waals surface area contributed by atoms with Crippen molar-refractivity contribution in [2.75, 3.05) is 0 Å². The molecule has 3 heteroatoms. The fraction of sp³-hybridized carbons (Fsp3) is 0.235. The third-order valence-corrected chi connectivity index (χ3v) is 3.13. The molecule has 0 radical (unpaired) electrons. The zero-order valence-electron chi connectivity index (χ0n) is 11.5. The Hall–Kier alpha value is -2.29. The third kappa shape index (κ3) is 3.60. The quantitative estimate of drug-likeness (QED) is 0.873. The summed E-state index contributed by atoms with van der Waals surface area (Å²) in [4.78, 5) is 11.1. The molecule has 0 aliphatic carbocycles. The van der Waals surface area contributed by atoms with Crippen LogP contribution in [0.5, 0.6) is 5.75 Å². The zero-order chi connectivity index (χ0) is 14.4. The smallest absolute Gasteiger partial charge is 0.344 e. The van der Waals surface area contributed by atoms with E-state index >= 15 is 0 Å². The summed E-state index contributed by atoms with van der Waals surface area (Å²) in [5.74, 6) is -0.285. The lowest BCUT2D eigenvalue weighted by Gasteiger charge is -2.16. The van der Waals surface area contributed by atoms with Gasteiger partial charge < -0.3 is 9.84 Å². The monoisotopic (exact) mass is 270 g/mol. The number of para-hydroxylation sites is 1. The molecule has 2 aromatic carbocycles. The molecule has 0 heterocycles. The van der Waals surface area contributed by atoms with Crippen molar-refractivity contribution >= 4 is 5.97 Å². The largest absolute Gasteiger partial charge is 0.479 e. The minimum atomic E-state index is -0.929. The molecule has 104 valence electrons. The average Bonchev–Trinajstić information content (AvgIpc) is 2.47. The van der Waals surface area contributed by atoms with Crippen LogP contribution in [-0.2, 0) is 11.2 Å². The van der Waals surface area contributed by atoms with E-state index in [2.05, 4.69) is 0 Å². The second kappa shape index (κ2) is 6.75. The predicted molar refractivity (Wildman–Crippen MR) is 78.0 cm³/mol. The molecule has 0 saturated carbocycles. The highest BCUT2D eigenvalue weighted by molar-refractivity contribution is 5.72. The van der Waals surface area contributed by atoms with E-state index in [0.717, 1.165) is 12.0 Å². The predicted octanol–water partition coefficient (Wildman–Crippen LogP) is 3.52. The summed E-state index contributed by atoms with van der Waals surface area (Å²) in [7, 11) is 0. The van der Waals surface area contributed by atoms with Gasteiger partial charge in [0.2, 0.25) is 0 Å². The highest BCUT2D eigenvalue weighted by atomic mass is 16.5. The number of carbonyl (C=O) groups is 1. The molecule has 1 atom stereocenters. The van der Waals surface area contributed by atoms with Crippen molar-refractivity contribution in [2.24, 2.45) is 0 Å². The summed E-state index contributed by atoms with van der Waals surface area (Å²) >= 11 is 0. The molecule has 0 aromatic heterocycles. The minimum absolute atomic E-state index is 0.439. The van der Waals surface area contributed by atoms with Crippen LogP contribution in [0, 0.1) is 0 Å². The number of hydrogen-bond acceptors (Lipinski definition) is 2. The van der Waals surface area contributed by atoms with Crippen LogP contribution < -0.4 is 4.74 Å². The maximum absolute atomic E-state index is 11.1. The topological polar surface area (TPSA) is 46.5 Å². The molecular formula is C17H18O3. The molecule has 0 bridgehead atoms. The Labute approximate surface area is 118 Å². The standard InChI is InChI=1S/C17H18O3/c1-2-15(17(18)19)20-16-11-7-6-10-14(16)12-13-8-4-3-5-9-13/h3-11,15H,2,12H2,1H3,(H,18,19)/t15-/m0/s1. The summed E-state index contributed by atoms with van der Waals surface area (Å²) in [5, 5.41) is 9.09. The van der Waals surface area contributed by atoms with Gasteiger partial charge in [-0.25, -0.2) is 4.79 Å². The van der Waals surface area contributed by atoms with E-state index in [0.29, 0.717) is 12.2 Å². The van der Waals surface area contributed by atoms with Gasteiger partial charge in [-0.2, -0.15) is 0 Å². The summed E-state index contributed by atoms with van der Waals surface area (Å²) < 4.78 is 5.63. The maximum Gasteiger partial charge on any atom is 0.344 e. The van der Waals surface area contributed by atoms with Crippen LogP contribution in [0.15, 0.2) is 54.6 Å². The molecule has 20 heavy (non-hydrogen) atoms. The maximum atomic E-state index is 11.1. The molecule has 0 fully saturated rings. The summed E-state index contributed by atoms with van der Waals surface area (Å²) in [6.07, 6.45) is 0.370. The van der Waals surface area contributed by atoms with Gasteiger partial charge in [0.15, 0.2) is 6.10 Å². The molecule has 0 spiro atoms. The first-order chi connectivity index (χ1) is 9.70. The SMILES string of the molecule is CC[C@H](Oc1ccccc1Cc1ccccc1)C(=O)O. The van der Waals surface area contributed by atoms with Gasteiger partial charge in [0, 0.05) is 6.42 Å². The van der Waals surface area contributed by atoms with E-state index in [4.69, 9.17) is 9.84 Å². The Morgan fingerprint density at radius 2 is 1.75 bits per heavy atom. The van der Waals surface area contributed by atoms with Crippen molar-refractivity contribution < 1.29 is 14.6 Å². The molecule has 3 nitrogen and oxygen atoms in total. The number of aliphatic carboxylic acids is 1. The zero-order valence-corrected chi connectivity index (χ0v) is 11.5. The van der Waals surface area contributed by atoms with Gasteiger partial charge in [-0.1, -0.05) is 55.5 Å². The fourth-order valence-corrected chi connectivity index (χ4v) is 2.04. The van der Waals surface area contributed by atoms with E-state index in [9.17, 15) is 4.79 Å². The summed E-state index contributed by atoms with van der Waals surface area (Å²) in [6, 6.07) is 17.6. The second-order valence-electron chi connectivity index (χ2n) is 4.62. The van der Waals surface area contributed by atoms with E-state index in [1.54, 1.807) is 6.92 Å². The molecule has 0 saturated heterocycles. The Kier molecular flexibility index (Phi) is 4.77. The van der Waals surface area contributed by atoms with E-state index in [-0.39, 0.29) is 0 Å². The van der Waals surface area contributed by atoms with Crippen LogP contribution in [0.25, 0.3) is 0 Å². The van der Waals surface area contributed by atoms with Gasteiger partial charge >= 0.3 is 5.97 Å². The van der Waals surface area contributed by atoms with E-state index < -0.39 is 12.1 Å². The van der Waals surface area contributed by atoms with Crippen LogP contribution in [0.4, 0.5) is 0 Å². The highest BCUT2D eigenvalue weighted by Crippen LogP contribution is 2.23. The lowest BCUT2D eigenvalue weighted by atomic mass is 10.0. The Balaban J connectivity index is 2.20. The number of hydrogen-bond donors (Lipinski definition) is 1. The van der Waals surface area contributed by atoms with E-state index in [1.807, 2.05) is 54.6 Å². The number of carboxylic acid groups (broad SMARTS) is 1. The normalized spacial score (nSPS) is 11.8. The van der Waals surface area contributed by atoms with Crippen molar-refractivity contribution in [1.82, 2.24) is 0 Å². The fourth-order valence-electron chi connectivity index (χ4n) is 2.04. The number of carboxylic acids is 1. The molecule has 1 N–H and O–H groups in total. The highest BCUT2D eigenvalue weighted by Gasteiger charge is 2.18. The molecule has 0 aliphatic heterocycles. The average molecular weight is 270 g/mol. The van der Waals surface area contributed by atoms with Gasteiger partial charge in [-0.3, -0.25) is 0 Å². The molecular weight excluding hydrogens is 252 g/mol. The third-order valence-electron chi connectivity index (χ3n) is 3.13. The molecule has 0 unspecified atom stereocenters. The van der Waals surface area contributed by atoms with Crippen LogP contribution in [0.2, 0.25) is 0 Å². The van der Waals surface area contributed by atoms with Crippen LogP contribution >= 0.6 is 0 Å². The molecule has 2 aromatic rings. The number of ether oxygens (including phenoxy) is 1. The summed E-state index contributed by atoms with van der Waals surface area (Å²) in [5.41, 5.74) is 2.17. The number of rotatable bonds is 6. The lowest BCUT2D eigenvalue weighted by molar-refractivity contribution is -0.145. The Morgan fingerprint density at radius 3 is 2.40 bits per heavy atom. The molecule has 0 amide bonds. The lowest BCUT2D eigenvalue weighted by Crippen LogP contribution is -2.26. The number of benzene rings is 2. The Bertz CT molecular complexity index is 563. The van der Waals surface area contributed by atoms with Crippen molar-refractivity contribution in [3.05, 3.63) is 65.7 Å². The van der Waals surface area contributed by atoms with Crippen molar-refractivity contribution in [2.45, 2.75) is 25.9 Å². The van der Waals surface area contributed by atoms with Gasteiger partial charge in [0.05, 0.1) is 0 Å². The first-order valence-electron chi connectivity index (χ1n) is 6.72. The van der Waals surface area contributed by atoms with Gasteiger partial charge in [0.25, 0.3) is 0 Å². The van der Waals surface area contributed by atoms with Crippen molar-refractivity contribution in [3.63, 3.8) is 0 Å². The summed E-state index contributed by atoms with van der Waals surface area (Å²) in [6.45, 7) is 1.80. The first-order valence-corrected chi connectivity index (χ1v) is 6.72. The van der Waals surface area contributed by atoms with Crippen molar-refractivity contribution in [1.29, 1.82) is 0 Å². The van der Waals surface area contributed by atoms with E-state index in [1.165, 1.54) is 5.56 Å². The van der Waals surface area contributed by atoms with Crippen molar-refractivity contribution in [3.8, 4) is 5.75 Å². The van der Waals surface area contributed by atoms with Gasteiger partial charge in [0.1, 0.15) is 5.75 Å².